The highest BCUT2D eigenvalue weighted by Gasteiger charge is 2.23. The van der Waals surface area contributed by atoms with Crippen molar-refractivity contribution in [3.63, 3.8) is 0 Å². The van der Waals surface area contributed by atoms with Crippen LogP contribution in [0.1, 0.15) is 65.7 Å². The number of nitrogens with zero attached hydrogens (tertiary/aromatic N) is 1. The van der Waals surface area contributed by atoms with Gasteiger partial charge in [0.25, 0.3) is 0 Å². The fourth-order valence-corrected chi connectivity index (χ4v) is 2.95. The fraction of sp³-hybridized carbons (Fsp3) is 1.00. The van der Waals surface area contributed by atoms with Crippen LogP contribution in [0.25, 0.3) is 0 Å². The van der Waals surface area contributed by atoms with E-state index in [0.29, 0.717) is 0 Å². The Labute approximate surface area is 123 Å². The molecule has 0 amide bonds. The molecule has 1 nitrogen and oxygen atoms in total. The molecular formula is C14H31BrClN. The number of unbranched alkanes of at least 4 members (excludes halogenated alkanes) is 4. The zero-order valence-corrected chi connectivity index (χ0v) is 14.3. The summed E-state index contributed by atoms with van der Waals surface area (Å²) in [5, 5.41) is 0. The second-order valence-corrected chi connectivity index (χ2v) is 5.55. The Bertz CT molecular complexity index is 145. The molecule has 0 aromatic carbocycles. The molecule has 0 aliphatic heterocycles. The van der Waals surface area contributed by atoms with Crippen molar-refractivity contribution in [2.24, 2.45) is 0 Å². The molecule has 3 heteroatoms. The zero-order valence-electron chi connectivity index (χ0n) is 12.0. The van der Waals surface area contributed by atoms with Crippen molar-refractivity contribution in [3.8, 4) is 0 Å². The highest BCUT2D eigenvalue weighted by Crippen LogP contribution is 2.17. The van der Waals surface area contributed by atoms with Gasteiger partial charge in [-0.05, 0) is 41.6 Å². The number of alkyl halides is 1. The summed E-state index contributed by atoms with van der Waals surface area (Å²) in [6, 6.07) is 0. The van der Waals surface area contributed by atoms with Gasteiger partial charge in [-0.15, -0.1) is 0 Å². The Balaban J connectivity index is 0. The molecule has 0 rings (SSSR count). The van der Waals surface area contributed by atoms with Crippen LogP contribution < -0.4 is 12.4 Å². The first-order valence-electron chi connectivity index (χ1n) is 7.15. The Morgan fingerprint density at radius 1 is 0.706 bits per heavy atom. The third kappa shape index (κ3) is 9.32. The van der Waals surface area contributed by atoms with E-state index in [1.165, 1.54) is 69.1 Å². The Morgan fingerprint density at radius 3 is 1.47 bits per heavy atom. The zero-order chi connectivity index (χ0) is 12.3. The molecule has 0 spiro atoms. The lowest BCUT2D eigenvalue weighted by Crippen LogP contribution is -3.00. The number of hydrogen-bond acceptors (Lipinski definition) is 0. The lowest BCUT2D eigenvalue weighted by Gasteiger charge is -2.37. The first-order chi connectivity index (χ1) is 7.74. The molecule has 0 atom stereocenters. The smallest absolute Gasteiger partial charge is 0.134 e. The average Bonchev–Trinajstić information content (AvgIpc) is 2.32. The van der Waals surface area contributed by atoms with Crippen LogP contribution in [-0.4, -0.2) is 29.6 Å². The second kappa shape index (κ2) is 13.2. The van der Waals surface area contributed by atoms with E-state index in [4.69, 9.17) is 0 Å². The van der Waals surface area contributed by atoms with E-state index in [-0.39, 0.29) is 12.4 Å². The summed E-state index contributed by atoms with van der Waals surface area (Å²) >= 11 is 3.76. The van der Waals surface area contributed by atoms with Crippen molar-refractivity contribution < 1.29 is 16.9 Å². The Kier molecular flexibility index (Phi) is 15.5. The number of hydrogen-bond donors (Lipinski definition) is 0. The molecule has 0 fully saturated rings. The van der Waals surface area contributed by atoms with Gasteiger partial charge in [0, 0.05) is 0 Å². The van der Waals surface area contributed by atoms with Crippen molar-refractivity contribution in [2.45, 2.75) is 65.7 Å². The summed E-state index contributed by atoms with van der Waals surface area (Å²) in [6.45, 7) is 11.0. The van der Waals surface area contributed by atoms with Crippen LogP contribution >= 0.6 is 15.9 Å². The number of quaternary nitrogens is 1. The van der Waals surface area contributed by atoms with Gasteiger partial charge in [0.2, 0.25) is 0 Å². The SMILES string of the molecule is CCCCC[N+](CBr)(CCCC)CCCC.[Cl-]. The molecule has 0 aliphatic rings. The second-order valence-electron chi connectivity index (χ2n) is 5.05. The lowest BCUT2D eigenvalue weighted by molar-refractivity contribution is -0.915. The van der Waals surface area contributed by atoms with Crippen molar-refractivity contribution in [3.05, 3.63) is 0 Å². The molecule has 0 radical (unpaired) electrons. The van der Waals surface area contributed by atoms with Crippen molar-refractivity contribution >= 4 is 15.9 Å². The van der Waals surface area contributed by atoms with Crippen LogP contribution in [-0.2, 0) is 0 Å². The highest BCUT2D eigenvalue weighted by molar-refractivity contribution is 9.09. The van der Waals surface area contributed by atoms with Gasteiger partial charge in [-0.3, -0.25) is 0 Å². The van der Waals surface area contributed by atoms with Gasteiger partial charge in [-0.1, -0.05) is 40.0 Å². The van der Waals surface area contributed by atoms with E-state index in [1.807, 2.05) is 0 Å². The molecule has 0 saturated carbocycles. The minimum Gasteiger partial charge on any atom is -1.00 e. The number of rotatable bonds is 11. The van der Waals surface area contributed by atoms with Gasteiger partial charge >= 0.3 is 0 Å². The third-order valence-electron chi connectivity index (χ3n) is 3.46. The van der Waals surface area contributed by atoms with Gasteiger partial charge < -0.3 is 16.9 Å². The summed E-state index contributed by atoms with van der Waals surface area (Å²) in [6.07, 6.45) is 9.54. The van der Waals surface area contributed by atoms with Crippen LogP contribution in [0, 0.1) is 0 Å². The van der Waals surface area contributed by atoms with E-state index >= 15 is 0 Å². The molecule has 0 saturated heterocycles. The quantitative estimate of drug-likeness (QED) is 0.235. The molecule has 0 aromatic rings. The lowest BCUT2D eigenvalue weighted by atomic mass is 10.2. The van der Waals surface area contributed by atoms with Gasteiger partial charge in [-0.25, -0.2) is 0 Å². The molecule has 0 unspecified atom stereocenters. The molecule has 0 aromatic heterocycles. The summed E-state index contributed by atoms with van der Waals surface area (Å²) in [5.41, 5.74) is 1.15. The molecule has 17 heavy (non-hydrogen) atoms. The monoisotopic (exact) mass is 327 g/mol. The number of halogens is 2. The van der Waals surface area contributed by atoms with E-state index in [2.05, 4.69) is 36.7 Å². The van der Waals surface area contributed by atoms with Crippen LogP contribution in [0.5, 0.6) is 0 Å². The summed E-state index contributed by atoms with van der Waals surface area (Å²) in [5.74, 6) is 0. The maximum absolute atomic E-state index is 3.76. The molecule has 106 valence electrons. The van der Waals surface area contributed by atoms with Crippen molar-refractivity contribution in [2.75, 3.05) is 25.1 Å². The van der Waals surface area contributed by atoms with Crippen molar-refractivity contribution in [1.82, 2.24) is 0 Å². The van der Waals surface area contributed by atoms with Crippen LogP contribution in [0.2, 0.25) is 0 Å². The van der Waals surface area contributed by atoms with Crippen LogP contribution in [0.4, 0.5) is 0 Å². The molecular weight excluding hydrogens is 298 g/mol. The van der Waals surface area contributed by atoms with E-state index in [9.17, 15) is 0 Å². The Hall–Kier alpha value is 0.730. The summed E-state index contributed by atoms with van der Waals surface area (Å²) in [4.78, 5) is 0. The Morgan fingerprint density at radius 2 is 1.12 bits per heavy atom. The largest absolute Gasteiger partial charge is 1.00 e. The topological polar surface area (TPSA) is 0 Å². The van der Waals surface area contributed by atoms with Gasteiger partial charge in [-0.2, -0.15) is 0 Å². The average molecular weight is 329 g/mol. The third-order valence-corrected chi connectivity index (χ3v) is 4.53. The molecule has 0 heterocycles. The van der Waals surface area contributed by atoms with E-state index in [1.54, 1.807) is 0 Å². The van der Waals surface area contributed by atoms with Crippen LogP contribution in [0.15, 0.2) is 0 Å². The normalized spacial score (nSPS) is 11.3. The maximum atomic E-state index is 3.76. The predicted octanol–water partition coefficient (Wildman–Crippen LogP) is 1.95. The molecule has 0 bridgehead atoms. The van der Waals surface area contributed by atoms with Gasteiger partial charge in [0.05, 0.1) is 19.6 Å². The first kappa shape index (κ1) is 20.1. The predicted molar refractivity (Wildman–Crippen MR) is 78.0 cm³/mol. The first-order valence-corrected chi connectivity index (χ1v) is 8.27. The van der Waals surface area contributed by atoms with Gasteiger partial charge in [0.15, 0.2) is 0 Å². The summed E-state index contributed by atoms with van der Waals surface area (Å²) in [7, 11) is 0. The fourth-order valence-electron chi connectivity index (χ4n) is 2.20. The highest BCUT2D eigenvalue weighted by atomic mass is 79.9. The summed E-state index contributed by atoms with van der Waals surface area (Å²) < 4.78 is 1.31. The molecule has 0 N–H and O–H groups in total. The van der Waals surface area contributed by atoms with E-state index in [0.717, 1.165) is 5.45 Å². The van der Waals surface area contributed by atoms with Crippen molar-refractivity contribution in [1.29, 1.82) is 0 Å². The minimum atomic E-state index is 0. The molecule has 0 aliphatic carbocycles. The minimum absolute atomic E-state index is 0. The maximum Gasteiger partial charge on any atom is 0.134 e. The standard InChI is InChI=1S/C14H31BrN.ClH/c1-4-7-10-13-16(14-15,11-8-5-2)12-9-6-3;/h4-14H2,1-3H3;1H/q+1;/p-1. The van der Waals surface area contributed by atoms with Crippen LogP contribution in [0.3, 0.4) is 0 Å². The van der Waals surface area contributed by atoms with E-state index < -0.39 is 0 Å². The van der Waals surface area contributed by atoms with Gasteiger partial charge in [0.1, 0.15) is 5.45 Å².